The van der Waals surface area contributed by atoms with Crippen LogP contribution in [-0.4, -0.2) is 44.0 Å². The van der Waals surface area contributed by atoms with Crippen LogP contribution in [0.2, 0.25) is 5.02 Å². The van der Waals surface area contributed by atoms with Crippen molar-refractivity contribution in [1.82, 2.24) is 4.31 Å². The minimum Gasteiger partial charge on any atom is -0.311 e. The zero-order chi connectivity index (χ0) is 21.1. The molecule has 0 N–H and O–H groups in total. The molecular formula is C22H25ClN2O3S2. The third kappa shape index (κ3) is 4.69. The van der Waals surface area contributed by atoms with Gasteiger partial charge in [-0.1, -0.05) is 30.2 Å². The first-order valence-electron chi connectivity index (χ1n) is 10.2. The Morgan fingerprint density at radius 2 is 1.83 bits per heavy atom. The second kappa shape index (κ2) is 9.30. The second-order valence-corrected chi connectivity index (χ2v) is 11.0. The Balaban J connectivity index is 1.41. The summed E-state index contributed by atoms with van der Waals surface area (Å²) in [5.74, 6) is 1.15. The Morgan fingerprint density at radius 3 is 2.60 bits per heavy atom. The number of rotatable bonds is 6. The number of amides is 1. The number of anilines is 1. The first-order chi connectivity index (χ1) is 14.4. The van der Waals surface area contributed by atoms with E-state index < -0.39 is 10.0 Å². The van der Waals surface area contributed by atoms with Gasteiger partial charge in [-0.25, -0.2) is 8.42 Å². The molecule has 0 unspecified atom stereocenters. The number of carbonyl (C=O) groups excluding carboxylic acids is 1. The molecule has 1 amide bonds. The van der Waals surface area contributed by atoms with Crippen molar-refractivity contribution < 1.29 is 13.2 Å². The molecule has 0 saturated carbocycles. The van der Waals surface area contributed by atoms with Crippen molar-refractivity contribution in [2.24, 2.45) is 0 Å². The Kier molecular flexibility index (Phi) is 6.72. The average molecular weight is 465 g/mol. The van der Waals surface area contributed by atoms with Gasteiger partial charge in [0, 0.05) is 36.1 Å². The number of sulfonamides is 1. The van der Waals surface area contributed by atoms with Crippen molar-refractivity contribution >= 4 is 45.0 Å². The van der Waals surface area contributed by atoms with E-state index in [1.165, 1.54) is 0 Å². The molecule has 2 aliphatic rings. The van der Waals surface area contributed by atoms with Crippen molar-refractivity contribution in [3.8, 4) is 0 Å². The molecule has 1 saturated heterocycles. The highest BCUT2D eigenvalue weighted by molar-refractivity contribution is 7.99. The largest absolute Gasteiger partial charge is 0.311 e. The maximum Gasteiger partial charge on any atom is 0.243 e. The second-order valence-electron chi connectivity index (χ2n) is 7.67. The maximum atomic E-state index is 12.9. The van der Waals surface area contributed by atoms with Gasteiger partial charge < -0.3 is 4.90 Å². The zero-order valence-electron chi connectivity index (χ0n) is 16.7. The van der Waals surface area contributed by atoms with E-state index >= 15 is 0 Å². The first-order valence-corrected chi connectivity index (χ1v) is 13.2. The number of fused-ring (bicyclic) bond motifs is 1. The number of hydrogen-bond acceptors (Lipinski definition) is 4. The topological polar surface area (TPSA) is 57.7 Å². The first kappa shape index (κ1) is 21.7. The van der Waals surface area contributed by atoms with Crippen molar-refractivity contribution in [2.45, 2.75) is 36.3 Å². The van der Waals surface area contributed by atoms with Crippen molar-refractivity contribution in [1.29, 1.82) is 0 Å². The van der Waals surface area contributed by atoms with Crippen LogP contribution in [-0.2, 0) is 27.0 Å². The number of hydrogen-bond donors (Lipinski definition) is 0. The van der Waals surface area contributed by atoms with E-state index in [0.717, 1.165) is 41.8 Å². The molecule has 8 heteroatoms. The Labute approximate surface area is 187 Å². The minimum atomic E-state index is -3.45. The fraction of sp³-hybridized carbons (Fsp3) is 0.409. The zero-order valence-corrected chi connectivity index (χ0v) is 19.1. The monoisotopic (exact) mass is 464 g/mol. The summed E-state index contributed by atoms with van der Waals surface area (Å²) in [5.41, 5.74) is 2.86. The highest BCUT2D eigenvalue weighted by Gasteiger charge is 2.29. The molecule has 2 aliphatic heterocycles. The molecule has 0 spiro atoms. The van der Waals surface area contributed by atoms with Crippen LogP contribution >= 0.6 is 23.4 Å². The molecule has 2 heterocycles. The molecule has 160 valence electrons. The lowest BCUT2D eigenvalue weighted by atomic mass is 10.2. The molecule has 5 nitrogen and oxygen atoms in total. The van der Waals surface area contributed by atoms with Crippen molar-refractivity contribution in [3.63, 3.8) is 0 Å². The molecule has 2 aromatic rings. The fourth-order valence-electron chi connectivity index (χ4n) is 4.01. The number of thioether (sulfide) groups is 1. The summed E-state index contributed by atoms with van der Waals surface area (Å²) in [4.78, 5) is 14.9. The van der Waals surface area contributed by atoms with Gasteiger partial charge in [-0.3, -0.25) is 4.79 Å². The predicted octanol–water partition coefficient (Wildman–Crippen LogP) is 4.34. The number of benzene rings is 2. The molecule has 2 aromatic carbocycles. The van der Waals surface area contributed by atoms with Gasteiger partial charge in [0.05, 0.1) is 10.6 Å². The van der Waals surface area contributed by atoms with Crippen LogP contribution in [0.1, 0.15) is 30.4 Å². The van der Waals surface area contributed by atoms with E-state index in [-0.39, 0.29) is 5.91 Å². The summed E-state index contributed by atoms with van der Waals surface area (Å²) in [7, 11) is -3.45. The molecule has 0 atom stereocenters. The molecule has 4 rings (SSSR count). The van der Waals surface area contributed by atoms with Crippen LogP contribution in [0.4, 0.5) is 5.69 Å². The normalized spacial score (nSPS) is 17.2. The van der Waals surface area contributed by atoms with E-state index in [9.17, 15) is 13.2 Å². The third-order valence-electron chi connectivity index (χ3n) is 5.58. The smallest absolute Gasteiger partial charge is 0.243 e. The Hall–Kier alpha value is -1.54. The molecule has 30 heavy (non-hydrogen) atoms. The van der Waals surface area contributed by atoms with E-state index in [1.54, 1.807) is 39.2 Å². The van der Waals surface area contributed by atoms with Crippen molar-refractivity contribution in [3.05, 3.63) is 58.6 Å². The highest BCUT2D eigenvalue weighted by Crippen LogP contribution is 2.32. The molecule has 0 aliphatic carbocycles. The number of nitrogens with zero attached hydrogens (tertiary/aromatic N) is 2. The standard InChI is InChI=1S/C22H25ClN2O3S2/c23-19-6-4-5-17(13-19)15-29-16-22(26)25-12-9-18-14-20(7-8-21(18)25)30(27,28)24-10-2-1-3-11-24/h4-8,13-14H,1-3,9-12,15-16H2. The Morgan fingerprint density at radius 1 is 1.03 bits per heavy atom. The van der Waals surface area contributed by atoms with Crippen LogP contribution in [0.3, 0.4) is 0 Å². The summed E-state index contributed by atoms with van der Waals surface area (Å²) in [6.07, 6.45) is 3.60. The summed E-state index contributed by atoms with van der Waals surface area (Å²) in [6.45, 7) is 1.78. The predicted molar refractivity (Wildman–Crippen MR) is 123 cm³/mol. The average Bonchev–Trinajstić information content (AvgIpc) is 3.18. The SMILES string of the molecule is O=C(CSCc1cccc(Cl)c1)N1CCc2cc(S(=O)(=O)N3CCCCC3)ccc21. The minimum absolute atomic E-state index is 0.0485. The van der Waals surface area contributed by atoms with Crippen LogP contribution in [0.5, 0.6) is 0 Å². The quantitative estimate of drug-likeness (QED) is 0.638. The third-order valence-corrected chi connectivity index (χ3v) is 8.70. The lowest BCUT2D eigenvalue weighted by Gasteiger charge is -2.26. The van der Waals surface area contributed by atoms with E-state index in [0.29, 0.717) is 41.7 Å². The van der Waals surface area contributed by atoms with Gasteiger partial charge >= 0.3 is 0 Å². The summed E-state index contributed by atoms with van der Waals surface area (Å²) in [5, 5.41) is 0.697. The fourth-order valence-corrected chi connectivity index (χ4v) is 6.64. The summed E-state index contributed by atoms with van der Waals surface area (Å²) >= 11 is 7.57. The van der Waals surface area contributed by atoms with E-state index in [2.05, 4.69) is 0 Å². The van der Waals surface area contributed by atoms with Gasteiger partial charge in [0.1, 0.15) is 0 Å². The molecule has 0 aromatic heterocycles. The number of carbonyl (C=O) groups is 1. The molecule has 0 radical (unpaired) electrons. The lowest BCUT2D eigenvalue weighted by Crippen LogP contribution is -2.35. The Bertz CT molecular complexity index is 1040. The molecular weight excluding hydrogens is 440 g/mol. The van der Waals surface area contributed by atoms with E-state index in [1.807, 2.05) is 24.3 Å². The van der Waals surface area contributed by atoms with Gasteiger partial charge in [-0.15, -0.1) is 11.8 Å². The number of piperidine rings is 1. The van der Waals surface area contributed by atoms with Gasteiger partial charge in [0.25, 0.3) is 0 Å². The van der Waals surface area contributed by atoms with E-state index in [4.69, 9.17) is 11.6 Å². The molecule has 1 fully saturated rings. The maximum absolute atomic E-state index is 12.9. The van der Waals surface area contributed by atoms with Crippen LogP contribution in [0.15, 0.2) is 47.4 Å². The van der Waals surface area contributed by atoms with Crippen LogP contribution in [0, 0.1) is 0 Å². The highest BCUT2D eigenvalue weighted by atomic mass is 35.5. The number of halogens is 1. The van der Waals surface area contributed by atoms with Crippen LogP contribution < -0.4 is 4.90 Å². The summed E-state index contributed by atoms with van der Waals surface area (Å²) in [6, 6.07) is 12.8. The van der Waals surface area contributed by atoms with Gasteiger partial charge in [-0.2, -0.15) is 4.31 Å². The van der Waals surface area contributed by atoms with Gasteiger partial charge in [0.2, 0.25) is 15.9 Å². The van der Waals surface area contributed by atoms with Gasteiger partial charge in [0.15, 0.2) is 0 Å². The van der Waals surface area contributed by atoms with Crippen LogP contribution in [0.25, 0.3) is 0 Å². The lowest BCUT2D eigenvalue weighted by molar-refractivity contribution is -0.116. The van der Waals surface area contributed by atoms with Crippen molar-refractivity contribution in [2.75, 3.05) is 30.3 Å². The molecule has 0 bridgehead atoms. The van der Waals surface area contributed by atoms with Gasteiger partial charge in [-0.05, 0) is 60.7 Å². The summed E-state index contributed by atoms with van der Waals surface area (Å²) < 4.78 is 27.5.